The Bertz CT molecular complexity index is 625. The lowest BCUT2D eigenvalue weighted by Crippen LogP contribution is -2.40. The predicted octanol–water partition coefficient (Wildman–Crippen LogP) is 0.453. The Morgan fingerprint density at radius 1 is 1.24 bits per heavy atom. The highest BCUT2D eigenvalue weighted by Crippen LogP contribution is 2.17. The first kappa shape index (κ1) is 17.5. The molecule has 0 fully saturated rings. The van der Waals surface area contributed by atoms with Crippen LogP contribution in [-0.2, 0) is 14.8 Å². The molecule has 116 valence electrons. The summed E-state index contributed by atoms with van der Waals surface area (Å²) < 4.78 is 26.2. The van der Waals surface area contributed by atoms with Gasteiger partial charge in [0.05, 0.1) is 11.4 Å². The van der Waals surface area contributed by atoms with E-state index in [-0.39, 0.29) is 28.9 Å². The fourth-order valence-corrected chi connectivity index (χ4v) is 3.47. The van der Waals surface area contributed by atoms with Crippen LogP contribution >= 0.6 is 12.2 Å². The lowest BCUT2D eigenvalue weighted by molar-refractivity contribution is -0.118. The fourth-order valence-electron chi connectivity index (χ4n) is 1.77. The van der Waals surface area contributed by atoms with Crippen LogP contribution in [0.4, 0.5) is 0 Å². The molecule has 1 rings (SSSR count). The molecule has 1 aromatic carbocycles. The highest BCUT2D eigenvalue weighted by Gasteiger charge is 2.26. The summed E-state index contributed by atoms with van der Waals surface area (Å²) in [5.41, 5.74) is 11.2. The molecule has 0 aliphatic carbocycles. The number of nitrogens with zero attached hydrogens (tertiary/aromatic N) is 1. The van der Waals surface area contributed by atoms with Crippen LogP contribution in [-0.4, -0.2) is 36.7 Å². The molecule has 0 radical (unpaired) electrons. The number of sulfonamides is 1. The number of hydrogen-bond acceptors (Lipinski definition) is 4. The van der Waals surface area contributed by atoms with Crippen molar-refractivity contribution in [1.82, 2.24) is 4.31 Å². The molecule has 1 amide bonds. The Morgan fingerprint density at radius 2 is 1.76 bits per heavy atom. The Labute approximate surface area is 130 Å². The molecule has 1 aromatic rings. The molecule has 0 spiro atoms. The summed E-state index contributed by atoms with van der Waals surface area (Å²) in [7, 11) is -3.79. The standard InChI is InChI=1S/C13H19N3O3S2/c1-9(2)7-16(8-12(14)17)21(18,19)11-5-3-10(4-6-11)13(15)20/h3-6,9H,7-8H2,1-2H3,(H2,14,17)(H2,15,20). The first-order valence-corrected chi connectivity index (χ1v) is 8.17. The van der Waals surface area contributed by atoms with E-state index < -0.39 is 15.9 Å². The van der Waals surface area contributed by atoms with Crippen molar-refractivity contribution in [3.8, 4) is 0 Å². The van der Waals surface area contributed by atoms with Gasteiger partial charge in [-0.15, -0.1) is 0 Å². The van der Waals surface area contributed by atoms with Crippen molar-refractivity contribution in [2.24, 2.45) is 17.4 Å². The summed E-state index contributed by atoms with van der Waals surface area (Å²) in [6.45, 7) is 3.58. The van der Waals surface area contributed by atoms with E-state index >= 15 is 0 Å². The molecule has 0 saturated heterocycles. The molecule has 0 unspecified atom stereocenters. The number of benzene rings is 1. The average molecular weight is 329 g/mol. The molecule has 8 heteroatoms. The van der Waals surface area contributed by atoms with Gasteiger partial charge in [0.15, 0.2) is 0 Å². The molecule has 4 N–H and O–H groups in total. The van der Waals surface area contributed by atoms with Crippen molar-refractivity contribution in [3.05, 3.63) is 29.8 Å². The first-order chi connectivity index (χ1) is 9.64. The zero-order valence-corrected chi connectivity index (χ0v) is 13.6. The lowest BCUT2D eigenvalue weighted by Gasteiger charge is -2.22. The van der Waals surface area contributed by atoms with Crippen molar-refractivity contribution < 1.29 is 13.2 Å². The van der Waals surface area contributed by atoms with Gasteiger partial charge in [0.25, 0.3) is 0 Å². The molecule has 21 heavy (non-hydrogen) atoms. The fraction of sp³-hybridized carbons (Fsp3) is 0.385. The summed E-state index contributed by atoms with van der Waals surface area (Å²) >= 11 is 4.82. The molecule has 0 atom stereocenters. The van der Waals surface area contributed by atoms with Gasteiger partial charge in [0.1, 0.15) is 4.99 Å². The normalized spacial score (nSPS) is 11.8. The minimum Gasteiger partial charge on any atom is -0.389 e. The van der Waals surface area contributed by atoms with Gasteiger partial charge in [-0.3, -0.25) is 4.79 Å². The third-order valence-corrected chi connectivity index (χ3v) is 4.74. The van der Waals surface area contributed by atoms with Gasteiger partial charge in [-0.2, -0.15) is 4.31 Å². The van der Waals surface area contributed by atoms with Gasteiger partial charge in [-0.05, 0) is 18.1 Å². The van der Waals surface area contributed by atoms with Crippen molar-refractivity contribution >= 4 is 33.1 Å². The van der Waals surface area contributed by atoms with Crippen LogP contribution in [0.2, 0.25) is 0 Å². The summed E-state index contributed by atoms with van der Waals surface area (Å²) in [6, 6.07) is 5.90. The summed E-state index contributed by atoms with van der Waals surface area (Å²) in [4.78, 5) is 11.4. The van der Waals surface area contributed by atoms with Gasteiger partial charge in [0.2, 0.25) is 15.9 Å². The number of carbonyl (C=O) groups is 1. The predicted molar refractivity (Wildman–Crippen MR) is 85.1 cm³/mol. The molecular formula is C13H19N3O3S2. The third kappa shape index (κ3) is 4.76. The smallest absolute Gasteiger partial charge is 0.243 e. The van der Waals surface area contributed by atoms with E-state index in [1.807, 2.05) is 13.8 Å². The Kier molecular flexibility index (Phi) is 5.82. The molecular weight excluding hydrogens is 310 g/mol. The molecule has 6 nitrogen and oxygen atoms in total. The highest BCUT2D eigenvalue weighted by molar-refractivity contribution is 7.89. The molecule has 0 aliphatic heterocycles. The van der Waals surface area contributed by atoms with E-state index in [1.54, 1.807) is 0 Å². The maximum absolute atomic E-state index is 12.5. The summed E-state index contributed by atoms with van der Waals surface area (Å²) in [5.74, 6) is -0.631. The maximum atomic E-state index is 12.5. The van der Waals surface area contributed by atoms with Gasteiger partial charge >= 0.3 is 0 Å². The second-order valence-corrected chi connectivity index (χ2v) is 7.42. The number of hydrogen-bond donors (Lipinski definition) is 2. The summed E-state index contributed by atoms with van der Waals surface area (Å²) in [6.07, 6.45) is 0. The van der Waals surface area contributed by atoms with Crippen molar-refractivity contribution in [2.45, 2.75) is 18.7 Å². The van der Waals surface area contributed by atoms with E-state index in [0.29, 0.717) is 5.56 Å². The van der Waals surface area contributed by atoms with E-state index in [4.69, 9.17) is 23.7 Å². The number of thiocarbonyl (C=S) groups is 1. The number of carbonyl (C=O) groups excluding carboxylic acids is 1. The zero-order chi connectivity index (χ0) is 16.2. The van der Waals surface area contributed by atoms with Gasteiger partial charge < -0.3 is 11.5 Å². The molecule has 0 saturated carbocycles. The largest absolute Gasteiger partial charge is 0.389 e. The molecule has 0 bridgehead atoms. The third-order valence-electron chi connectivity index (χ3n) is 2.68. The monoisotopic (exact) mass is 329 g/mol. The van der Waals surface area contributed by atoms with Crippen LogP contribution in [0.3, 0.4) is 0 Å². The molecule has 0 aromatic heterocycles. The quantitative estimate of drug-likeness (QED) is 0.707. The SMILES string of the molecule is CC(C)CN(CC(N)=O)S(=O)(=O)c1ccc(C(N)=S)cc1. The minimum absolute atomic E-state index is 0.0648. The second-order valence-electron chi connectivity index (χ2n) is 5.05. The van der Waals surface area contributed by atoms with E-state index in [0.717, 1.165) is 4.31 Å². The number of nitrogens with two attached hydrogens (primary N) is 2. The number of rotatable bonds is 7. The number of primary amides is 1. The van der Waals surface area contributed by atoms with Crippen LogP contribution in [0.5, 0.6) is 0 Å². The minimum atomic E-state index is -3.79. The maximum Gasteiger partial charge on any atom is 0.243 e. The lowest BCUT2D eigenvalue weighted by atomic mass is 10.2. The van der Waals surface area contributed by atoms with Crippen LogP contribution in [0, 0.1) is 5.92 Å². The first-order valence-electron chi connectivity index (χ1n) is 6.33. The van der Waals surface area contributed by atoms with E-state index in [9.17, 15) is 13.2 Å². The van der Waals surface area contributed by atoms with Crippen LogP contribution in [0.1, 0.15) is 19.4 Å². The van der Waals surface area contributed by atoms with Gasteiger partial charge in [-0.25, -0.2) is 8.42 Å². The Balaban J connectivity index is 3.15. The highest BCUT2D eigenvalue weighted by atomic mass is 32.2. The zero-order valence-electron chi connectivity index (χ0n) is 11.9. The van der Waals surface area contributed by atoms with Crippen molar-refractivity contribution in [2.75, 3.05) is 13.1 Å². The van der Waals surface area contributed by atoms with Gasteiger partial charge in [0, 0.05) is 12.1 Å². The average Bonchev–Trinajstić information content (AvgIpc) is 2.37. The Morgan fingerprint density at radius 3 is 2.14 bits per heavy atom. The Hall–Kier alpha value is -1.51. The van der Waals surface area contributed by atoms with E-state index in [2.05, 4.69) is 0 Å². The van der Waals surface area contributed by atoms with Gasteiger partial charge in [-0.1, -0.05) is 38.2 Å². The van der Waals surface area contributed by atoms with Crippen molar-refractivity contribution in [1.29, 1.82) is 0 Å². The molecule has 0 heterocycles. The van der Waals surface area contributed by atoms with Crippen LogP contribution in [0.15, 0.2) is 29.2 Å². The van der Waals surface area contributed by atoms with Crippen molar-refractivity contribution in [3.63, 3.8) is 0 Å². The van der Waals surface area contributed by atoms with E-state index in [1.165, 1.54) is 24.3 Å². The summed E-state index contributed by atoms with van der Waals surface area (Å²) in [5, 5.41) is 0. The second kappa shape index (κ2) is 6.97. The molecule has 0 aliphatic rings. The van der Waals surface area contributed by atoms with Crippen LogP contribution in [0.25, 0.3) is 0 Å². The van der Waals surface area contributed by atoms with Crippen LogP contribution < -0.4 is 11.5 Å². The topological polar surface area (TPSA) is 106 Å². The number of amides is 1.